The zero-order valence-corrected chi connectivity index (χ0v) is 23.6. The van der Waals surface area contributed by atoms with E-state index in [2.05, 4.69) is 13.8 Å². The molecule has 206 valence electrons. The van der Waals surface area contributed by atoms with E-state index < -0.39 is 23.5 Å². The maximum atomic E-state index is 13.9. The van der Waals surface area contributed by atoms with Gasteiger partial charge in [-0.15, -0.1) is 0 Å². The monoisotopic (exact) mass is 524 g/mol. The highest BCUT2D eigenvalue weighted by molar-refractivity contribution is 6.46. The number of nitrogens with one attached hydrogen (secondary N) is 1. The van der Waals surface area contributed by atoms with E-state index in [1.54, 1.807) is 36.4 Å². The zero-order valence-electron chi connectivity index (χ0n) is 23.6. The summed E-state index contributed by atoms with van der Waals surface area (Å²) in [5.41, 5.74) is 1.64. The van der Waals surface area contributed by atoms with E-state index in [1.165, 1.54) is 16.9 Å². The molecule has 2 aromatic rings. The van der Waals surface area contributed by atoms with Crippen LogP contribution in [0.5, 0.6) is 17.2 Å². The molecular formula is C30H40N2O6. The van der Waals surface area contributed by atoms with Crippen molar-refractivity contribution in [3.05, 3.63) is 58.7 Å². The number of benzene rings is 2. The van der Waals surface area contributed by atoms with Crippen LogP contribution in [0.2, 0.25) is 0 Å². The minimum absolute atomic E-state index is 0.0441. The Kier molecular flexibility index (Phi) is 9.80. The maximum absolute atomic E-state index is 13.9. The first-order chi connectivity index (χ1) is 18.1. The molecule has 2 aromatic carbocycles. The molecule has 0 bridgehead atoms. The molecule has 0 aliphatic carbocycles. The lowest BCUT2D eigenvalue weighted by Crippen LogP contribution is -3.05. The van der Waals surface area contributed by atoms with Crippen LogP contribution in [-0.2, 0) is 9.59 Å². The summed E-state index contributed by atoms with van der Waals surface area (Å²) in [6.45, 7) is 10.00. The largest absolute Gasteiger partial charge is 0.872 e. The molecule has 1 atom stereocenters. The summed E-state index contributed by atoms with van der Waals surface area (Å²) < 4.78 is 17.0. The van der Waals surface area contributed by atoms with E-state index >= 15 is 0 Å². The van der Waals surface area contributed by atoms with Crippen molar-refractivity contribution >= 4 is 17.4 Å². The van der Waals surface area contributed by atoms with E-state index in [0.717, 1.165) is 6.54 Å². The Morgan fingerprint density at radius 2 is 1.82 bits per heavy atom. The Hall–Kier alpha value is -3.52. The second-order valence-corrected chi connectivity index (χ2v) is 10.3. The van der Waals surface area contributed by atoms with Gasteiger partial charge in [0.05, 0.1) is 47.0 Å². The third-order valence-electron chi connectivity index (χ3n) is 6.43. The molecular weight excluding hydrogens is 484 g/mol. The fourth-order valence-electron chi connectivity index (χ4n) is 4.57. The van der Waals surface area contributed by atoms with Gasteiger partial charge in [0.1, 0.15) is 5.75 Å². The highest BCUT2D eigenvalue weighted by Crippen LogP contribution is 2.42. The summed E-state index contributed by atoms with van der Waals surface area (Å²) in [4.78, 5) is 29.4. The zero-order chi connectivity index (χ0) is 28.0. The number of carbonyl (C=O) groups is 2. The number of likely N-dealkylation sites (tertiary alicyclic amines) is 1. The molecule has 0 radical (unpaired) electrons. The average molecular weight is 525 g/mol. The molecule has 0 spiro atoms. The molecule has 1 heterocycles. The van der Waals surface area contributed by atoms with Crippen molar-refractivity contribution in [2.24, 2.45) is 5.92 Å². The number of hydrogen-bond donors (Lipinski definition) is 1. The van der Waals surface area contributed by atoms with E-state index in [4.69, 9.17) is 14.2 Å². The second-order valence-electron chi connectivity index (χ2n) is 10.3. The van der Waals surface area contributed by atoms with Gasteiger partial charge in [-0.05, 0) is 60.7 Å². The van der Waals surface area contributed by atoms with Gasteiger partial charge < -0.3 is 29.1 Å². The third kappa shape index (κ3) is 6.48. The van der Waals surface area contributed by atoms with E-state index in [1.807, 2.05) is 27.9 Å². The fraction of sp³-hybridized carbons (Fsp3) is 0.467. The van der Waals surface area contributed by atoms with Gasteiger partial charge in [-0.1, -0.05) is 31.7 Å². The Morgan fingerprint density at radius 3 is 2.42 bits per heavy atom. The number of quaternary nitrogens is 1. The van der Waals surface area contributed by atoms with Crippen LogP contribution in [0.3, 0.4) is 0 Å². The van der Waals surface area contributed by atoms with Crippen LogP contribution in [0, 0.1) is 12.8 Å². The van der Waals surface area contributed by atoms with Crippen molar-refractivity contribution < 1.29 is 33.8 Å². The number of carbonyl (C=O) groups excluding carboxylic acids is 2. The Labute approximate surface area is 225 Å². The number of aryl methyl sites for hydroxylation is 1. The number of ether oxygens (including phenoxy) is 3. The minimum atomic E-state index is -0.819. The molecule has 1 fully saturated rings. The van der Waals surface area contributed by atoms with Gasteiger partial charge in [0, 0.05) is 18.5 Å². The summed E-state index contributed by atoms with van der Waals surface area (Å²) in [5.74, 6) is 0.184. The van der Waals surface area contributed by atoms with Crippen LogP contribution in [0.15, 0.2) is 42.0 Å². The molecule has 8 nitrogen and oxygen atoms in total. The van der Waals surface area contributed by atoms with Gasteiger partial charge in [-0.25, -0.2) is 0 Å². The molecule has 1 N–H and O–H groups in total. The van der Waals surface area contributed by atoms with Crippen LogP contribution in [0.25, 0.3) is 5.76 Å². The molecule has 38 heavy (non-hydrogen) atoms. The highest BCUT2D eigenvalue weighted by Gasteiger charge is 2.44. The number of amides is 1. The van der Waals surface area contributed by atoms with Gasteiger partial charge in [0.2, 0.25) is 5.78 Å². The molecule has 1 aliphatic rings. The standard InChI is InChI=1S/C30H40N2O6/c1-8-37-24-13-10-21(17-25(24)36-7)27-26(29(34)30(35)32(27)15-9-14-31(5)6)28(33)23-12-11-22(16-20(23)4)38-18-19(2)3/h10-13,16-17,19,27,33H,8-9,14-15,18H2,1-7H3/b28-26+. The summed E-state index contributed by atoms with van der Waals surface area (Å²) in [5, 5.41) is 13.9. The minimum Gasteiger partial charge on any atom is -0.872 e. The van der Waals surface area contributed by atoms with Crippen LogP contribution in [0.4, 0.5) is 0 Å². The molecule has 8 heteroatoms. The molecule has 0 aromatic heterocycles. The molecule has 0 saturated carbocycles. The molecule has 1 amide bonds. The average Bonchev–Trinajstić information content (AvgIpc) is 3.12. The first kappa shape index (κ1) is 29.0. The van der Waals surface area contributed by atoms with Crippen molar-refractivity contribution in [3.63, 3.8) is 0 Å². The fourth-order valence-corrected chi connectivity index (χ4v) is 4.57. The summed E-state index contributed by atoms with van der Waals surface area (Å²) >= 11 is 0. The van der Waals surface area contributed by atoms with Gasteiger partial charge in [-0.3, -0.25) is 9.59 Å². The lowest BCUT2D eigenvalue weighted by Gasteiger charge is -2.28. The Morgan fingerprint density at radius 1 is 1.08 bits per heavy atom. The highest BCUT2D eigenvalue weighted by atomic mass is 16.5. The topological polar surface area (TPSA) is 92.6 Å². The van der Waals surface area contributed by atoms with Crippen molar-refractivity contribution in [1.29, 1.82) is 0 Å². The number of rotatable bonds is 12. The lowest BCUT2D eigenvalue weighted by atomic mass is 9.93. The maximum Gasteiger partial charge on any atom is 0.295 e. The number of nitrogens with zero attached hydrogens (tertiary/aromatic N) is 1. The third-order valence-corrected chi connectivity index (χ3v) is 6.43. The number of Topliss-reactive ketones (excluding diaryl/α,β-unsaturated/α-hetero) is 1. The predicted molar refractivity (Wildman–Crippen MR) is 144 cm³/mol. The SMILES string of the molecule is CCOc1ccc(C2/C(=C(\[O-])c3ccc(OCC(C)C)cc3C)C(=O)C(=O)N2CCC[NH+](C)C)cc1OC. The summed E-state index contributed by atoms with van der Waals surface area (Å²) in [7, 11) is 5.60. The smallest absolute Gasteiger partial charge is 0.295 e. The number of hydrogen-bond acceptors (Lipinski definition) is 6. The van der Waals surface area contributed by atoms with Crippen LogP contribution >= 0.6 is 0 Å². The Bertz CT molecular complexity index is 1190. The normalized spacial score (nSPS) is 17.0. The Balaban J connectivity index is 2.11. The van der Waals surface area contributed by atoms with Crippen LogP contribution in [0.1, 0.15) is 49.9 Å². The van der Waals surface area contributed by atoms with Gasteiger partial charge >= 0.3 is 0 Å². The van der Waals surface area contributed by atoms with Crippen LogP contribution in [-0.4, -0.2) is 64.1 Å². The summed E-state index contributed by atoms with van der Waals surface area (Å²) in [6.07, 6.45) is 0.689. The van der Waals surface area contributed by atoms with Gasteiger partial charge in [-0.2, -0.15) is 0 Å². The quantitative estimate of drug-likeness (QED) is 0.260. The van der Waals surface area contributed by atoms with Crippen LogP contribution < -0.4 is 24.2 Å². The van der Waals surface area contributed by atoms with E-state index in [-0.39, 0.29) is 5.57 Å². The second kappa shape index (κ2) is 12.8. The predicted octanol–water partition coefficient (Wildman–Crippen LogP) is 2.20. The number of methoxy groups -OCH3 is 1. The molecule has 3 rings (SSSR count). The first-order valence-electron chi connectivity index (χ1n) is 13.2. The molecule has 1 unspecified atom stereocenters. The molecule has 1 saturated heterocycles. The van der Waals surface area contributed by atoms with E-state index in [0.29, 0.717) is 66.0 Å². The van der Waals surface area contributed by atoms with Crippen molar-refractivity contribution in [2.45, 2.75) is 40.2 Å². The van der Waals surface area contributed by atoms with Crippen molar-refractivity contribution in [1.82, 2.24) is 4.90 Å². The van der Waals surface area contributed by atoms with Gasteiger partial charge in [0.15, 0.2) is 11.5 Å². The van der Waals surface area contributed by atoms with E-state index in [9.17, 15) is 14.7 Å². The lowest BCUT2D eigenvalue weighted by molar-refractivity contribution is -0.858. The van der Waals surface area contributed by atoms with Crippen molar-refractivity contribution in [3.8, 4) is 17.2 Å². The number of ketones is 1. The molecule has 1 aliphatic heterocycles. The van der Waals surface area contributed by atoms with Crippen molar-refractivity contribution in [2.75, 3.05) is 47.5 Å². The first-order valence-corrected chi connectivity index (χ1v) is 13.2. The summed E-state index contributed by atoms with van der Waals surface area (Å²) in [6, 6.07) is 9.67. The van der Waals surface area contributed by atoms with Gasteiger partial charge in [0.25, 0.3) is 5.91 Å².